The van der Waals surface area contributed by atoms with Crippen LogP contribution in [0.2, 0.25) is 0 Å². The minimum atomic E-state index is 0. The fraction of sp³-hybridized carbons (Fsp3) is 0.636. The molecule has 6 heteroatoms. The van der Waals surface area contributed by atoms with Gasteiger partial charge in [-0.1, -0.05) is 13.8 Å². The van der Waals surface area contributed by atoms with Crippen molar-refractivity contribution < 1.29 is 4.79 Å². The van der Waals surface area contributed by atoms with E-state index >= 15 is 0 Å². The number of hydrogen-bond donors (Lipinski definition) is 3. The van der Waals surface area contributed by atoms with Gasteiger partial charge in [0.2, 0.25) is 5.91 Å². The molecule has 4 N–H and O–H groups in total. The van der Waals surface area contributed by atoms with Crippen LogP contribution in [0.4, 0.5) is 5.95 Å². The summed E-state index contributed by atoms with van der Waals surface area (Å²) < 4.78 is 0. The summed E-state index contributed by atoms with van der Waals surface area (Å²) >= 11 is 0. The highest BCUT2D eigenvalue weighted by Gasteiger charge is 2.03. The van der Waals surface area contributed by atoms with Crippen LogP contribution in [0.15, 0.2) is 6.20 Å². The molecule has 0 spiro atoms. The molecule has 1 amide bonds. The largest absolute Gasteiger partial charge is 0.369 e. The maximum absolute atomic E-state index is 11.4. The van der Waals surface area contributed by atoms with E-state index in [4.69, 9.17) is 5.73 Å². The molecule has 0 atom stereocenters. The summed E-state index contributed by atoms with van der Waals surface area (Å²) in [7, 11) is 0. The first kappa shape index (κ1) is 15.8. The van der Waals surface area contributed by atoms with Gasteiger partial charge in [-0.2, -0.15) is 0 Å². The Balaban J connectivity index is 0.00000256. The smallest absolute Gasteiger partial charge is 0.220 e. The number of imidazole rings is 1. The lowest BCUT2D eigenvalue weighted by atomic mass is 10.2. The van der Waals surface area contributed by atoms with E-state index in [2.05, 4.69) is 29.1 Å². The molecule has 0 aliphatic carbocycles. The quantitative estimate of drug-likeness (QED) is 0.725. The van der Waals surface area contributed by atoms with Gasteiger partial charge < -0.3 is 16.0 Å². The van der Waals surface area contributed by atoms with Crippen LogP contribution >= 0.6 is 12.4 Å². The van der Waals surface area contributed by atoms with E-state index in [1.54, 1.807) is 6.20 Å². The van der Waals surface area contributed by atoms with Crippen LogP contribution in [0, 0.1) is 5.92 Å². The summed E-state index contributed by atoms with van der Waals surface area (Å²) in [6, 6.07) is 0. The predicted molar refractivity (Wildman–Crippen MR) is 71.0 cm³/mol. The fourth-order valence-electron chi connectivity index (χ4n) is 1.35. The van der Waals surface area contributed by atoms with Crippen LogP contribution in [0.5, 0.6) is 0 Å². The molecular formula is C11H21ClN4O. The van der Waals surface area contributed by atoms with Gasteiger partial charge in [0, 0.05) is 18.7 Å². The zero-order valence-corrected chi connectivity index (χ0v) is 11.1. The molecule has 17 heavy (non-hydrogen) atoms. The standard InChI is InChI=1S/C11H20N4O.ClH/c1-8(2)6-13-10(16)5-3-4-9-7-14-11(12)15-9;/h7-8H,3-6H2,1-2H3,(H,13,16)(H3,12,14,15);1H. The van der Waals surface area contributed by atoms with E-state index in [-0.39, 0.29) is 18.3 Å². The molecule has 0 aromatic carbocycles. The van der Waals surface area contributed by atoms with Crippen LogP contribution in [0.1, 0.15) is 32.4 Å². The van der Waals surface area contributed by atoms with Gasteiger partial charge in [0.1, 0.15) is 0 Å². The van der Waals surface area contributed by atoms with Gasteiger partial charge in [-0.25, -0.2) is 4.98 Å². The van der Waals surface area contributed by atoms with Crippen molar-refractivity contribution in [2.45, 2.75) is 33.1 Å². The van der Waals surface area contributed by atoms with Crippen molar-refractivity contribution in [2.24, 2.45) is 5.92 Å². The van der Waals surface area contributed by atoms with Gasteiger partial charge in [-0.05, 0) is 18.8 Å². The normalized spacial score (nSPS) is 10.1. The van der Waals surface area contributed by atoms with Gasteiger partial charge in [-0.3, -0.25) is 4.79 Å². The van der Waals surface area contributed by atoms with Crippen molar-refractivity contribution in [3.63, 3.8) is 0 Å². The van der Waals surface area contributed by atoms with Crippen molar-refractivity contribution in [3.05, 3.63) is 11.9 Å². The second-order valence-corrected chi connectivity index (χ2v) is 4.35. The molecule has 0 aliphatic heterocycles. The summed E-state index contributed by atoms with van der Waals surface area (Å²) in [5.74, 6) is 1.04. The second-order valence-electron chi connectivity index (χ2n) is 4.35. The number of carbonyl (C=O) groups is 1. The number of H-pyrrole nitrogens is 1. The van der Waals surface area contributed by atoms with Gasteiger partial charge in [0.25, 0.3) is 0 Å². The molecule has 1 aromatic rings. The monoisotopic (exact) mass is 260 g/mol. The lowest BCUT2D eigenvalue weighted by molar-refractivity contribution is -0.121. The number of aromatic nitrogens is 2. The molecule has 0 bridgehead atoms. The summed E-state index contributed by atoms with van der Waals surface area (Å²) in [5, 5.41) is 2.88. The van der Waals surface area contributed by atoms with Crippen molar-refractivity contribution in [3.8, 4) is 0 Å². The lowest BCUT2D eigenvalue weighted by Gasteiger charge is -2.06. The molecule has 5 nitrogen and oxygen atoms in total. The third kappa shape index (κ3) is 6.84. The topological polar surface area (TPSA) is 83.8 Å². The number of nitrogen functional groups attached to an aromatic ring is 1. The number of halogens is 1. The van der Waals surface area contributed by atoms with Gasteiger partial charge in [0.05, 0.1) is 6.20 Å². The average molecular weight is 261 g/mol. The van der Waals surface area contributed by atoms with E-state index in [0.717, 1.165) is 25.1 Å². The molecule has 1 heterocycles. The maximum Gasteiger partial charge on any atom is 0.220 e. The number of rotatable bonds is 6. The number of nitrogens with two attached hydrogens (primary N) is 1. The number of aromatic amines is 1. The van der Waals surface area contributed by atoms with Gasteiger partial charge in [0.15, 0.2) is 5.95 Å². The van der Waals surface area contributed by atoms with Crippen LogP contribution in [0.25, 0.3) is 0 Å². The number of anilines is 1. The second kappa shape index (κ2) is 7.95. The number of carbonyl (C=O) groups excluding carboxylic acids is 1. The Kier molecular flexibility index (Phi) is 7.37. The maximum atomic E-state index is 11.4. The van der Waals surface area contributed by atoms with Crippen LogP contribution in [-0.4, -0.2) is 22.4 Å². The third-order valence-electron chi connectivity index (χ3n) is 2.21. The molecule has 0 saturated heterocycles. The number of hydrogen-bond acceptors (Lipinski definition) is 3. The van der Waals surface area contributed by atoms with Crippen molar-refractivity contribution >= 4 is 24.3 Å². The molecule has 0 aliphatic rings. The zero-order chi connectivity index (χ0) is 12.0. The van der Waals surface area contributed by atoms with Crippen molar-refractivity contribution in [1.82, 2.24) is 15.3 Å². The highest BCUT2D eigenvalue weighted by Crippen LogP contribution is 2.03. The number of aryl methyl sites for hydroxylation is 1. The summed E-state index contributed by atoms with van der Waals surface area (Å²) in [6.45, 7) is 4.90. The fourth-order valence-corrected chi connectivity index (χ4v) is 1.35. The molecule has 0 saturated carbocycles. The highest BCUT2D eigenvalue weighted by molar-refractivity contribution is 5.85. The predicted octanol–water partition coefficient (Wildman–Crippen LogP) is 1.51. The van der Waals surface area contributed by atoms with Crippen molar-refractivity contribution in [1.29, 1.82) is 0 Å². The van der Waals surface area contributed by atoms with Crippen molar-refractivity contribution in [2.75, 3.05) is 12.3 Å². The molecular weight excluding hydrogens is 240 g/mol. The molecule has 1 rings (SSSR count). The van der Waals surface area contributed by atoms with Crippen LogP contribution in [0.3, 0.4) is 0 Å². The molecule has 1 aromatic heterocycles. The number of nitrogens with zero attached hydrogens (tertiary/aromatic N) is 1. The zero-order valence-electron chi connectivity index (χ0n) is 10.3. The first-order valence-electron chi connectivity index (χ1n) is 5.64. The number of nitrogens with one attached hydrogen (secondary N) is 2. The minimum Gasteiger partial charge on any atom is -0.369 e. The van der Waals surface area contributed by atoms with E-state index in [1.807, 2.05) is 0 Å². The Morgan fingerprint density at radius 2 is 2.29 bits per heavy atom. The Morgan fingerprint density at radius 1 is 1.59 bits per heavy atom. The summed E-state index contributed by atoms with van der Waals surface area (Å²) in [5.41, 5.74) is 6.43. The van der Waals surface area contributed by atoms with E-state index < -0.39 is 0 Å². The minimum absolute atomic E-state index is 0. The van der Waals surface area contributed by atoms with E-state index in [0.29, 0.717) is 18.3 Å². The summed E-state index contributed by atoms with van der Waals surface area (Å²) in [6.07, 6.45) is 3.87. The Labute approximate surface area is 108 Å². The third-order valence-corrected chi connectivity index (χ3v) is 2.21. The molecule has 0 radical (unpaired) electrons. The SMILES string of the molecule is CC(C)CNC(=O)CCCc1cnc(N)[nH]1.Cl. The highest BCUT2D eigenvalue weighted by atomic mass is 35.5. The van der Waals surface area contributed by atoms with Crippen LogP contribution in [-0.2, 0) is 11.2 Å². The molecule has 98 valence electrons. The lowest BCUT2D eigenvalue weighted by Crippen LogP contribution is -2.27. The molecule has 0 unspecified atom stereocenters. The Bertz CT molecular complexity index is 338. The van der Waals surface area contributed by atoms with Crippen LogP contribution < -0.4 is 11.1 Å². The van der Waals surface area contributed by atoms with Gasteiger partial charge >= 0.3 is 0 Å². The van der Waals surface area contributed by atoms with E-state index in [9.17, 15) is 4.79 Å². The van der Waals surface area contributed by atoms with Gasteiger partial charge in [-0.15, -0.1) is 12.4 Å². The Morgan fingerprint density at radius 3 is 2.82 bits per heavy atom. The van der Waals surface area contributed by atoms with E-state index in [1.165, 1.54) is 0 Å². The first-order chi connectivity index (χ1) is 7.58. The average Bonchev–Trinajstić information content (AvgIpc) is 2.61. The number of amides is 1. The first-order valence-corrected chi connectivity index (χ1v) is 5.64. The summed E-state index contributed by atoms with van der Waals surface area (Å²) in [4.78, 5) is 18.2. The molecule has 0 fully saturated rings. The Hall–Kier alpha value is -1.23.